The molecular formula is C18H26N6O2. The van der Waals surface area contributed by atoms with Crippen molar-refractivity contribution in [2.75, 3.05) is 63.6 Å². The van der Waals surface area contributed by atoms with Crippen LogP contribution in [-0.4, -0.2) is 79.0 Å². The summed E-state index contributed by atoms with van der Waals surface area (Å²) < 4.78 is 5.20. The second kappa shape index (κ2) is 8.66. The molecule has 3 heterocycles. The van der Waals surface area contributed by atoms with Gasteiger partial charge >= 0.3 is 0 Å². The lowest BCUT2D eigenvalue weighted by atomic mass is 10.2. The van der Waals surface area contributed by atoms with Crippen molar-refractivity contribution < 1.29 is 9.21 Å². The molecule has 0 aromatic carbocycles. The van der Waals surface area contributed by atoms with Crippen molar-refractivity contribution in [2.45, 2.75) is 6.42 Å². The van der Waals surface area contributed by atoms with Crippen LogP contribution in [0.4, 0.5) is 11.6 Å². The van der Waals surface area contributed by atoms with E-state index in [4.69, 9.17) is 4.42 Å². The van der Waals surface area contributed by atoms with Gasteiger partial charge in [0.2, 0.25) is 0 Å². The lowest BCUT2D eigenvalue weighted by Gasteiger charge is -2.35. The molecule has 0 radical (unpaired) electrons. The number of furan rings is 1. The summed E-state index contributed by atoms with van der Waals surface area (Å²) in [6.07, 6.45) is 4.17. The van der Waals surface area contributed by atoms with E-state index in [9.17, 15) is 4.79 Å². The van der Waals surface area contributed by atoms with E-state index in [2.05, 4.69) is 39.2 Å². The monoisotopic (exact) mass is 358 g/mol. The van der Waals surface area contributed by atoms with Crippen LogP contribution in [0.5, 0.6) is 0 Å². The van der Waals surface area contributed by atoms with Crippen LogP contribution in [0.25, 0.3) is 0 Å². The van der Waals surface area contributed by atoms with Crippen LogP contribution < -0.4 is 10.2 Å². The van der Waals surface area contributed by atoms with Gasteiger partial charge in [0.05, 0.1) is 6.26 Å². The summed E-state index contributed by atoms with van der Waals surface area (Å²) in [7, 11) is 4.14. The number of hydrogen-bond donors (Lipinski definition) is 1. The number of rotatable bonds is 7. The third kappa shape index (κ3) is 4.72. The number of carbonyl (C=O) groups excluding carboxylic acids is 1. The molecule has 1 N–H and O–H groups in total. The van der Waals surface area contributed by atoms with E-state index in [-0.39, 0.29) is 5.91 Å². The SMILES string of the molecule is CN(C)CCCNc1cc(N2CCN(C(=O)c3ccco3)CC2)ncn1. The van der Waals surface area contributed by atoms with Crippen LogP contribution in [0.1, 0.15) is 17.0 Å². The zero-order chi connectivity index (χ0) is 18.4. The van der Waals surface area contributed by atoms with E-state index in [1.54, 1.807) is 18.5 Å². The highest BCUT2D eigenvalue weighted by Crippen LogP contribution is 2.17. The first-order valence-electron chi connectivity index (χ1n) is 8.92. The Morgan fingerprint density at radius 3 is 2.77 bits per heavy atom. The van der Waals surface area contributed by atoms with Gasteiger partial charge < -0.3 is 24.4 Å². The number of carbonyl (C=O) groups is 1. The predicted octanol–water partition coefficient (Wildman–Crippen LogP) is 1.40. The average Bonchev–Trinajstić information content (AvgIpc) is 3.20. The molecule has 1 saturated heterocycles. The zero-order valence-electron chi connectivity index (χ0n) is 15.4. The van der Waals surface area contributed by atoms with Crippen molar-refractivity contribution in [1.29, 1.82) is 0 Å². The first kappa shape index (κ1) is 18.2. The fourth-order valence-electron chi connectivity index (χ4n) is 2.92. The highest BCUT2D eigenvalue weighted by Gasteiger charge is 2.24. The average molecular weight is 358 g/mol. The molecular weight excluding hydrogens is 332 g/mol. The summed E-state index contributed by atoms with van der Waals surface area (Å²) >= 11 is 0. The van der Waals surface area contributed by atoms with Crippen LogP contribution >= 0.6 is 0 Å². The van der Waals surface area contributed by atoms with Gasteiger partial charge in [-0.05, 0) is 39.2 Å². The van der Waals surface area contributed by atoms with Crippen molar-refractivity contribution >= 4 is 17.5 Å². The molecule has 26 heavy (non-hydrogen) atoms. The van der Waals surface area contributed by atoms with E-state index in [1.165, 1.54) is 6.26 Å². The van der Waals surface area contributed by atoms with Crippen molar-refractivity contribution in [3.63, 3.8) is 0 Å². The third-order valence-electron chi connectivity index (χ3n) is 4.36. The molecule has 1 amide bonds. The summed E-state index contributed by atoms with van der Waals surface area (Å²) in [5.41, 5.74) is 0. The quantitative estimate of drug-likeness (QED) is 0.750. The minimum absolute atomic E-state index is 0.0550. The van der Waals surface area contributed by atoms with Gasteiger partial charge in [0.15, 0.2) is 5.76 Å². The van der Waals surface area contributed by atoms with Gasteiger partial charge in [-0.2, -0.15) is 0 Å². The topological polar surface area (TPSA) is 77.7 Å². The standard InChI is InChI=1S/C18H26N6O2/c1-22(2)7-4-6-19-16-13-17(21-14-20-16)23-8-10-24(11-9-23)18(25)15-5-3-12-26-15/h3,5,12-14H,4,6-11H2,1-2H3,(H,19,20,21). The molecule has 3 rings (SSSR count). The Hall–Kier alpha value is -2.61. The van der Waals surface area contributed by atoms with Crippen molar-refractivity contribution in [2.24, 2.45) is 0 Å². The fraction of sp³-hybridized carbons (Fsp3) is 0.500. The minimum atomic E-state index is -0.0550. The van der Waals surface area contributed by atoms with Crippen molar-refractivity contribution in [3.8, 4) is 0 Å². The Kier molecular flexibility index (Phi) is 6.06. The molecule has 0 saturated carbocycles. The van der Waals surface area contributed by atoms with Crippen molar-refractivity contribution in [1.82, 2.24) is 19.8 Å². The summed E-state index contributed by atoms with van der Waals surface area (Å²) in [5, 5.41) is 3.34. The van der Waals surface area contributed by atoms with E-state index < -0.39 is 0 Å². The van der Waals surface area contributed by atoms with E-state index in [0.717, 1.165) is 44.2 Å². The molecule has 0 unspecified atom stereocenters. The molecule has 1 fully saturated rings. The van der Waals surface area contributed by atoms with Crippen LogP contribution in [0, 0.1) is 0 Å². The molecule has 2 aromatic rings. The van der Waals surface area contributed by atoms with Crippen LogP contribution in [0.2, 0.25) is 0 Å². The molecule has 8 nitrogen and oxygen atoms in total. The van der Waals surface area contributed by atoms with E-state index >= 15 is 0 Å². The van der Waals surface area contributed by atoms with Gasteiger partial charge in [-0.1, -0.05) is 0 Å². The van der Waals surface area contributed by atoms with E-state index in [0.29, 0.717) is 18.8 Å². The number of hydrogen-bond acceptors (Lipinski definition) is 7. The second-order valence-electron chi connectivity index (χ2n) is 6.60. The second-order valence-corrected chi connectivity index (χ2v) is 6.60. The molecule has 0 bridgehead atoms. The maximum atomic E-state index is 12.3. The highest BCUT2D eigenvalue weighted by molar-refractivity contribution is 5.91. The summed E-state index contributed by atoms with van der Waals surface area (Å²) in [4.78, 5) is 27.2. The Morgan fingerprint density at radius 2 is 2.08 bits per heavy atom. The largest absolute Gasteiger partial charge is 0.459 e. The summed E-state index contributed by atoms with van der Waals surface area (Å²) in [6, 6.07) is 5.41. The van der Waals surface area contributed by atoms with Crippen LogP contribution in [0.15, 0.2) is 35.2 Å². The maximum absolute atomic E-state index is 12.3. The number of anilines is 2. The molecule has 0 aliphatic carbocycles. The molecule has 140 valence electrons. The predicted molar refractivity (Wildman–Crippen MR) is 101 cm³/mol. The molecule has 0 spiro atoms. The Labute approximate surface area is 153 Å². The molecule has 0 atom stereocenters. The fourth-order valence-corrected chi connectivity index (χ4v) is 2.92. The van der Waals surface area contributed by atoms with E-state index in [1.807, 2.05) is 11.0 Å². The molecule has 2 aromatic heterocycles. The highest BCUT2D eigenvalue weighted by atomic mass is 16.3. The normalized spacial score (nSPS) is 14.7. The van der Waals surface area contributed by atoms with Gasteiger partial charge in [0.25, 0.3) is 5.91 Å². The number of nitrogens with one attached hydrogen (secondary N) is 1. The van der Waals surface area contributed by atoms with Crippen LogP contribution in [0.3, 0.4) is 0 Å². The van der Waals surface area contributed by atoms with Crippen LogP contribution in [-0.2, 0) is 0 Å². The lowest BCUT2D eigenvalue weighted by molar-refractivity contribution is 0.0714. The van der Waals surface area contributed by atoms with Gasteiger partial charge in [-0.3, -0.25) is 4.79 Å². The molecule has 8 heteroatoms. The Bertz CT molecular complexity index is 695. The molecule has 1 aliphatic rings. The zero-order valence-corrected chi connectivity index (χ0v) is 15.4. The summed E-state index contributed by atoms with van der Waals surface area (Å²) in [6.45, 7) is 4.69. The Morgan fingerprint density at radius 1 is 1.27 bits per heavy atom. The van der Waals surface area contributed by atoms with Gasteiger partial charge in [0, 0.05) is 38.8 Å². The first-order valence-corrected chi connectivity index (χ1v) is 8.92. The smallest absolute Gasteiger partial charge is 0.289 e. The minimum Gasteiger partial charge on any atom is -0.459 e. The number of amides is 1. The summed E-state index contributed by atoms with van der Waals surface area (Å²) in [5.74, 6) is 2.06. The lowest BCUT2D eigenvalue weighted by Crippen LogP contribution is -2.49. The number of nitrogens with zero attached hydrogens (tertiary/aromatic N) is 5. The first-order chi connectivity index (χ1) is 12.6. The van der Waals surface area contributed by atoms with Gasteiger partial charge in [-0.25, -0.2) is 9.97 Å². The number of piperazine rings is 1. The van der Waals surface area contributed by atoms with Gasteiger partial charge in [0.1, 0.15) is 18.0 Å². The van der Waals surface area contributed by atoms with Gasteiger partial charge in [-0.15, -0.1) is 0 Å². The number of aromatic nitrogens is 2. The molecule has 1 aliphatic heterocycles. The third-order valence-corrected chi connectivity index (χ3v) is 4.36. The maximum Gasteiger partial charge on any atom is 0.289 e. The van der Waals surface area contributed by atoms with Crippen molar-refractivity contribution in [3.05, 3.63) is 36.5 Å². The Balaban J connectivity index is 1.51.